The van der Waals surface area contributed by atoms with Crippen LogP contribution in [0.3, 0.4) is 0 Å². The lowest BCUT2D eigenvalue weighted by Crippen LogP contribution is -2.46. The zero-order valence-corrected chi connectivity index (χ0v) is 10.6. The fraction of sp³-hybridized carbons (Fsp3) is 0.308. The van der Waals surface area contributed by atoms with Gasteiger partial charge in [0.25, 0.3) is 0 Å². The van der Waals surface area contributed by atoms with Crippen LogP contribution in [-0.4, -0.2) is 18.0 Å². The van der Waals surface area contributed by atoms with Crippen LogP contribution in [0.5, 0.6) is 0 Å². The van der Waals surface area contributed by atoms with Crippen molar-refractivity contribution in [2.45, 2.75) is 25.8 Å². The van der Waals surface area contributed by atoms with Crippen molar-refractivity contribution in [3.05, 3.63) is 29.8 Å². The summed E-state index contributed by atoms with van der Waals surface area (Å²) in [6.45, 7) is 1.90. The number of carbonyl (C=O) groups is 2. The summed E-state index contributed by atoms with van der Waals surface area (Å²) in [4.78, 5) is 22.8. The van der Waals surface area contributed by atoms with E-state index in [-0.39, 0.29) is 5.91 Å². The number of amides is 3. The molecule has 0 aliphatic rings. The molecule has 0 aromatic heterocycles. The predicted molar refractivity (Wildman–Crippen MR) is 71.2 cm³/mol. The largest absolute Gasteiger partial charge is 0.352 e. The van der Waals surface area contributed by atoms with Crippen molar-refractivity contribution < 1.29 is 9.59 Å². The molecule has 0 bridgehead atoms. The maximum Gasteiger partial charge on any atom is 0.312 e. The molecule has 4 N–H and O–H groups in total. The van der Waals surface area contributed by atoms with Crippen LogP contribution >= 0.6 is 0 Å². The number of nitriles is 1. The van der Waals surface area contributed by atoms with Crippen molar-refractivity contribution in [3.8, 4) is 6.07 Å². The monoisotopic (exact) mass is 260 g/mol. The molecule has 100 valence electrons. The molecular weight excluding hydrogens is 244 g/mol. The first-order chi connectivity index (χ1) is 9.06. The second-order valence-electron chi connectivity index (χ2n) is 4.03. The minimum absolute atomic E-state index is 0.351. The molecule has 3 amide bonds. The number of hydrogen-bond acceptors (Lipinski definition) is 3. The molecule has 0 aliphatic carbocycles. The van der Waals surface area contributed by atoms with Gasteiger partial charge in [-0.1, -0.05) is 19.4 Å². The first kappa shape index (κ1) is 14.5. The number of nitrogens with one attached hydrogen (secondary N) is 2. The lowest BCUT2D eigenvalue weighted by molar-refractivity contribution is -0.118. The van der Waals surface area contributed by atoms with E-state index in [0.29, 0.717) is 17.7 Å². The van der Waals surface area contributed by atoms with Gasteiger partial charge in [-0.25, -0.2) is 4.79 Å². The Balaban J connectivity index is 2.75. The number of primary amides is 1. The molecule has 0 fully saturated rings. The summed E-state index contributed by atoms with van der Waals surface area (Å²) in [6.07, 6.45) is 1.23. The van der Waals surface area contributed by atoms with E-state index in [0.717, 1.165) is 6.42 Å². The van der Waals surface area contributed by atoms with Crippen LogP contribution in [0.1, 0.15) is 25.3 Å². The van der Waals surface area contributed by atoms with Gasteiger partial charge in [0.2, 0.25) is 5.91 Å². The number of rotatable bonds is 5. The van der Waals surface area contributed by atoms with E-state index in [2.05, 4.69) is 10.6 Å². The average molecular weight is 260 g/mol. The molecule has 0 radical (unpaired) electrons. The highest BCUT2D eigenvalue weighted by Crippen LogP contribution is 2.11. The topological polar surface area (TPSA) is 108 Å². The zero-order valence-electron chi connectivity index (χ0n) is 10.6. The fourth-order valence-corrected chi connectivity index (χ4v) is 1.63. The highest BCUT2D eigenvalue weighted by molar-refractivity contribution is 5.96. The Kier molecular flexibility index (Phi) is 5.35. The van der Waals surface area contributed by atoms with E-state index in [1.54, 1.807) is 24.3 Å². The molecule has 1 aromatic carbocycles. The van der Waals surface area contributed by atoms with Crippen LogP contribution in [0.25, 0.3) is 0 Å². The van der Waals surface area contributed by atoms with Gasteiger partial charge < -0.3 is 16.4 Å². The molecule has 6 heteroatoms. The van der Waals surface area contributed by atoms with Gasteiger partial charge in [-0.15, -0.1) is 0 Å². The Morgan fingerprint density at radius 2 is 2.21 bits per heavy atom. The van der Waals surface area contributed by atoms with E-state index in [1.807, 2.05) is 13.0 Å². The van der Waals surface area contributed by atoms with E-state index >= 15 is 0 Å². The Hall–Kier alpha value is -2.55. The van der Waals surface area contributed by atoms with Gasteiger partial charge in [0, 0.05) is 5.69 Å². The summed E-state index contributed by atoms with van der Waals surface area (Å²) in [5.74, 6) is -0.351. The molecule has 1 atom stereocenters. The SMILES string of the molecule is CCC[C@@H](NC(N)=O)C(=O)Nc1cccc(C#N)c1. The lowest BCUT2D eigenvalue weighted by Gasteiger charge is -2.16. The summed E-state index contributed by atoms with van der Waals surface area (Å²) in [5, 5.41) is 13.8. The van der Waals surface area contributed by atoms with Crippen molar-refractivity contribution >= 4 is 17.6 Å². The number of benzene rings is 1. The Bertz CT molecular complexity index is 508. The van der Waals surface area contributed by atoms with Gasteiger partial charge >= 0.3 is 6.03 Å². The van der Waals surface area contributed by atoms with Crippen LogP contribution in [-0.2, 0) is 4.79 Å². The molecule has 0 saturated carbocycles. The number of hydrogen-bond donors (Lipinski definition) is 3. The molecule has 0 unspecified atom stereocenters. The van der Waals surface area contributed by atoms with Crippen molar-refractivity contribution in [2.24, 2.45) is 5.73 Å². The van der Waals surface area contributed by atoms with Crippen LogP contribution in [0.4, 0.5) is 10.5 Å². The summed E-state index contributed by atoms with van der Waals surface area (Å²) >= 11 is 0. The summed E-state index contributed by atoms with van der Waals surface area (Å²) in [5.41, 5.74) is 5.99. The first-order valence-electron chi connectivity index (χ1n) is 5.93. The Morgan fingerprint density at radius 3 is 2.79 bits per heavy atom. The normalized spacial score (nSPS) is 11.2. The standard InChI is InChI=1S/C13H16N4O2/c1-2-4-11(17-13(15)19)12(18)16-10-6-3-5-9(7-10)8-14/h3,5-7,11H,2,4H2,1H3,(H,16,18)(H3,15,17,19)/t11-/m1/s1. The predicted octanol–water partition coefficient (Wildman–Crippen LogP) is 1.33. The molecule has 1 rings (SSSR count). The lowest BCUT2D eigenvalue weighted by atomic mass is 10.1. The van der Waals surface area contributed by atoms with Gasteiger partial charge in [0.05, 0.1) is 11.6 Å². The third-order valence-corrected chi connectivity index (χ3v) is 2.47. The van der Waals surface area contributed by atoms with E-state index in [1.165, 1.54) is 0 Å². The van der Waals surface area contributed by atoms with Gasteiger partial charge in [0.15, 0.2) is 0 Å². The average Bonchev–Trinajstić information content (AvgIpc) is 2.38. The Labute approximate surface area is 111 Å². The maximum absolute atomic E-state index is 12.0. The van der Waals surface area contributed by atoms with E-state index in [4.69, 9.17) is 11.0 Å². The molecule has 19 heavy (non-hydrogen) atoms. The summed E-state index contributed by atoms with van der Waals surface area (Å²) < 4.78 is 0. The molecule has 0 aliphatic heterocycles. The third kappa shape index (κ3) is 4.68. The second-order valence-corrected chi connectivity index (χ2v) is 4.03. The Morgan fingerprint density at radius 1 is 1.47 bits per heavy atom. The molecule has 1 aromatic rings. The van der Waals surface area contributed by atoms with Gasteiger partial charge in [-0.2, -0.15) is 5.26 Å². The number of nitrogens with zero attached hydrogens (tertiary/aromatic N) is 1. The second kappa shape index (κ2) is 7.01. The molecule has 0 heterocycles. The molecular formula is C13H16N4O2. The number of nitrogens with two attached hydrogens (primary N) is 1. The third-order valence-electron chi connectivity index (χ3n) is 2.47. The van der Waals surface area contributed by atoms with Crippen molar-refractivity contribution in [1.29, 1.82) is 5.26 Å². The van der Waals surface area contributed by atoms with Gasteiger partial charge in [-0.3, -0.25) is 4.79 Å². The fourth-order valence-electron chi connectivity index (χ4n) is 1.63. The smallest absolute Gasteiger partial charge is 0.312 e. The molecule has 0 saturated heterocycles. The maximum atomic E-state index is 12.0. The van der Waals surface area contributed by atoms with Crippen LogP contribution in [0.15, 0.2) is 24.3 Å². The molecule has 0 spiro atoms. The van der Waals surface area contributed by atoms with E-state index < -0.39 is 12.1 Å². The quantitative estimate of drug-likeness (QED) is 0.743. The minimum atomic E-state index is -0.737. The summed E-state index contributed by atoms with van der Waals surface area (Å²) in [7, 11) is 0. The minimum Gasteiger partial charge on any atom is -0.352 e. The van der Waals surface area contributed by atoms with Gasteiger partial charge in [-0.05, 0) is 24.6 Å². The van der Waals surface area contributed by atoms with Crippen LogP contribution in [0, 0.1) is 11.3 Å². The first-order valence-corrected chi connectivity index (χ1v) is 5.93. The zero-order chi connectivity index (χ0) is 14.3. The van der Waals surface area contributed by atoms with Crippen molar-refractivity contribution in [3.63, 3.8) is 0 Å². The highest BCUT2D eigenvalue weighted by Gasteiger charge is 2.18. The number of carbonyl (C=O) groups excluding carboxylic acids is 2. The van der Waals surface area contributed by atoms with Crippen molar-refractivity contribution in [1.82, 2.24) is 5.32 Å². The highest BCUT2D eigenvalue weighted by atomic mass is 16.2. The number of anilines is 1. The van der Waals surface area contributed by atoms with Gasteiger partial charge in [0.1, 0.15) is 6.04 Å². The van der Waals surface area contributed by atoms with Crippen molar-refractivity contribution in [2.75, 3.05) is 5.32 Å². The van der Waals surface area contributed by atoms with E-state index in [9.17, 15) is 9.59 Å². The van der Waals surface area contributed by atoms with Crippen LogP contribution in [0.2, 0.25) is 0 Å². The molecule has 6 nitrogen and oxygen atoms in total. The van der Waals surface area contributed by atoms with Crippen LogP contribution < -0.4 is 16.4 Å². The summed E-state index contributed by atoms with van der Waals surface area (Å²) in [6, 6.07) is 7.12. The number of urea groups is 1.